The van der Waals surface area contributed by atoms with Gasteiger partial charge in [0.05, 0.1) is 6.42 Å². The van der Waals surface area contributed by atoms with Gasteiger partial charge in [0, 0.05) is 24.5 Å². The summed E-state index contributed by atoms with van der Waals surface area (Å²) >= 11 is 0. The molecule has 27 heavy (non-hydrogen) atoms. The lowest BCUT2D eigenvalue weighted by Gasteiger charge is -2.16. The minimum atomic E-state index is -0.839. The highest BCUT2D eigenvalue weighted by Crippen LogP contribution is 2.44. The van der Waals surface area contributed by atoms with E-state index in [2.05, 4.69) is 34.9 Å². The van der Waals surface area contributed by atoms with Crippen LogP contribution >= 0.6 is 0 Å². The van der Waals surface area contributed by atoms with Crippen LogP contribution in [0.4, 0.5) is 4.79 Å². The molecule has 6 nitrogen and oxygen atoms in total. The van der Waals surface area contributed by atoms with Crippen molar-refractivity contribution in [2.24, 2.45) is 0 Å². The molecule has 1 amide bonds. The first-order chi connectivity index (χ1) is 13.1. The topological polar surface area (TPSA) is 87.7 Å². The van der Waals surface area contributed by atoms with Crippen LogP contribution in [0.5, 0.6) is 0 Å². The fraction of sp³-hybridized carbons (Fsp3) is 0.333. The molecule has 1 fully saturated rings. The van der Waals surface area contributed by atoms with Gasteiger partial charge < -0.3 is 20.5 Å². The number of hydrogen-bond acceptors (Lipinski definition) is 4. The number of nitrogens with one attached hydrogen (secondary N) is 2. The molecule has 1 aliphatic carbocycles. The zero-order valence-corrected chi connectivity index (χ0v) is 14.9. The number of ether oxygens (including phenoxy) is 1. The average molecular weight is 366 g/mol. The molecule has 140 valence electrons. The van der Waals surface area contributed by atoms with Gasteiger partial charge in [-0.3, -0.25) is 4.79 Å². The van der Waals surface area contributed by atoms with Crippen LogP contribution in [0.15, 0.2) is 48.5 Å². The molecule has 2 unspecified atom stereocenters. The van der Waals surface area contributed by atoms with Gasteiger partial charge in [0.1, 0.15) is 6.61 Å². The Morgan fingerprint density at radius 3 is 2.33 bits per heavy atom. The summed E-state index contributed by atoms with van der Waals surface area (Å²) in [5.74, 6) is -0.807. The molecule has 2 atom stereocenters. The third-order valence-corrected chi connectivity index (χ3v) is 5.31. The van der Waals surface area contributed by atoms with Gasteiger partial charge in [-0.05, 0) is 28.7 Å². The van der Waals surface area contributed by atoms with Crippen LogP contribution < -0.4 is 10.6 Å². The number of alkyl carbamates (subject to hydrolysis) is 1. The first-order valence-electron chi connectivity index (χ1n) is 9.18. The second-order valence-electron chi connectivity index (χ2n) is 7.11. The van der Waals surface area contributed by atoms with Crippen LogP contribution in [-0.2, 0) is 9.53 Å². The second kappa shape index (κ2) is 7.40. The normalized spacial score (nSPS) is 20.7. The first-order valence-corrected chi connectivity index (χ1v) is 9.18. The van der Waals surface area contributed by atoms with Crippen molar-refractivity contribution < 1.29 is 19.4 Å². The minimum Gasteiger partial charge on any atom is -0.481 e. The highest BCUT2D eigenvalue weighted by molar-refractivity contribution is 5.79. The van der Waals surface area contributed by atoms with Crippen molar-refractivity contribution in [2.75, 3.05) is 13.2 Å². The molecule has 0 aromatic heterocycles. The summed E-state index contributed by atoms with van der Waals surface area (Å²) in [5.41, 5.74) is 4.74. The Morgan fingerprint density at radius 2 is 1.70 bits per heavy atom. The quantitative estimate of drug-likeness (QED) is 0.757. The summed E-state index contributed by atoms with van der Waals surface area (Å²) in [7, 11) is 0. The smallest absolute Gasteiger partial charge is 0.407 e. The highest BCUT2D eigenvalue weighted by atomic mass is 16.5. The molecule has 0 spiro atoms. The third-order valence-electron chi connectivity index (χ3n) is 5.31. The van der Waals surface area contributed by atoms with Gasteiger partial charge in [-0.25, -0.2) is 4.79 Å². The number of carboxylic acids is 1. The highest BCUT2D eigenvalue weighted by Gasteiger charge is 2.30. The van der Waals surface area contributed by atoms with E-state index in [0.717, 1.165) is 0 Å². The van der Waals surface area contributed by atoms with Crippen molar-refractivity contribution in [1.82, 2.24) is 10.6 Å². The van der Waals surface area contributed by atoms with Crippen molar-refractivity contribution >= 4 is 12.1 Å². The number of hydrogen-bond donors (Lipinski definition) is 3. The lowest BCUT2D eigenvalue weighted by molar-refractivity contribution is -0.137. The average Bonchev–Trinajstić information content (AvgIpc) is 3.21. The Morgan fingerprint density at radius 1 is 1.07 bits per heavy atom. The molecule has 1 heterocycles. The van der Waals surface area contributed by atoms with Crippen molar-refractivity contribution in [2.45, 2.75) is 30.8 Å². The molecule has 0 radical (unpaired) electrons. The van der Waals surface area contributed by atoms with E-state index in [-0.39, 0.29) is 31.0 Å². The Kier molecular flexibility index (Phi) is 4.81. The van der Waals surface area contributed by atoms with E-state index in [1.54, 1.807) is 0 Å². The lowest BCUT2D eigenvalue weighted by Crippen LogP contribution is -2.37. The van der Waals surface area contributed by atoms with Crippen molar-refractivity contribution in [3.8, 4) is 11.1 Å². The minimum absolute atomic E-state index is 0.0320. The van der Waals surface area contributed by atoms with Crippen molar-refractivity contribution in [3.63, 3.8) is 0 Å². The summed E-state index contributed by atoms with van der Waals surface area (Å²) < 4.78 is 5.52. The van der Waals surface area contributed by atoms with Crippen LogP contribution in [0.25, 0.3) is 11.1 Å². The Balaban J connectivity index is 1.37. The molecule has 2 aromatic carbocycles. The Bertz CT molecular complexity index is 821. The van der Waals surface area contributed by atoms with Gasteiger partial charge in [-0.1, -0.05) is 48.5 Å². The van der Waals surface area contributed by atoms with Gasteiger partial charge >= 0.3 is 12.1 Å². The standard InChI is InChI=1S/C21H22N2O4/c24-20(25)10-13-9-14(11-22-13)23-21(26)27-12-19-17-7-3-1-5-15(17)16-6-2-4-8-18(16)19/h1-8,13-14,19,22H,9-12H2,(H,23,26)(H,24,25). The monoisotopic (exact) mass is 366 g/mol. The third kappa shape index (κ3) is 3.66. The number of carboxylic acid groups (broad SMARTS) is 1. The Hall–Kier alpha value is -2.86. The van der Waals surface area contributed by atoms with Gasteiger partial charge in [0.2, 0.25) is 0 Å². The predicted molar refractivity (Wildman–Crippen MR) is 101 cm³/mol. The van der Waals surface area contributed by atoms with Gasteiger partial charge in [-0.2, -0.15) is 0 Å². The van der Waals surface area contributed by atoms with Gasteiger partial charge in [-0.15, -0.1) is 0 Å². The summed E-state index contributed by atoms with van der Waals surface area (Å²) in [6.45, 7) is 0.834. The fourth-order valence-electron chi connectivity index (χ4n) is 4.10. The maximum absolute atomic E-state index is 12.2. The van der Waals surface area contributed by atoms with Crippen LogP contribution in [0.3, 0.4) is 0 Å². The van der Waals surface area contributed by atoms with Crippen molar-refractivity contribution in [1.29, 1.82) is 0 Å². The van der Waals surface area contributed by atoms with E-state index in [9.17, 15) is 9.59 Å². The Labute approximate surface area is 157 Å². The molecule has 2 aromatic rings. The van der Waals surface area contributed by atoms with Crippen LogP contribution in [-0.4, -0.2) is 42.4 Å². The molecule has 4 rings (SSSR count). The van der Waals surface area contributed by atoms with E-state index in [1.165, 1.54) is 22.3 Å². The molecular weight excluding hydrogens is 344 g/mol. The molecule has 0 saturated carbocycles. The SMILES string of the molecule is O=C(O)CC1CC(NC(=O)OCC2c3ccccc3-c3ccccc32)CN1. The summed E-state index contributed by atoms with van der Waals surface area (Å²) in [6.07, 6.45) is 0.193. The van der Waals surface area contributed by atoms with E-state index in [0.29, 0.717) is 13.0 Å². The second-order valence-corrected chi connectivity index (χ2v) is 7.11. The summed E-state index contributed by atoms with van der Waals surface area (Å²) in [5, 5.41) is 14.8. The van der Waals surface area contributed by atoms with E-state index < -0.39 is 12.1 Å². The molecule has 0 bridgehead atoms. The number of amides is 1. The molecule has 3 N–H and O–H groups in total. The zero-order chi connectivity index (χ0) is 18.8. The van der Waals surface area contributed by atoms with Gasteiger partial charge in [0.15, 0.2) is 0 Å². The lowest BCUT2D eigenvalue weighted by atomic mass is 9.98. The van der Waals surface area contributed by atoms with E-state index in [1.807, 2.05) is 24.3 Å². The van der Waals surface area contributed by atoms with E-state index in [4.69, 9.17) is 9.84 Å². The number of carbonyl (C=O) groups excluding carboxylic acids is 1. The molecule has 2 aliphatic rings. The maximum Gasteiger partial charge on any atom is 0.407 e. The number of aliphatic carboxylic acids is 1. The van der Waals surface area contributed by atoms with Crippen molar-refractivity contribution in [3.05, 3.63) is 59.7 Å². The summed E-state index contributed by atoms with van der Waals surface area (Å²) in [4.78, 5) is 23.0. The first kappa shape index (κ1) is 17.5. The number of fused-ring (bicyclic) bond motifs is 3. The van der Waals surface area contributed by atoms with Crippen LogP contribution in [0, 0.1) is 0 Å². The summed E-state index contributed by atoms with van der Waals surface area (Å²) in [6, 6.07) is 16.2. The fourth-order valence-corrected chi connectivity index (χ4v) is 4.10. The number of rotatable bonds is 5. The van der Waals surface area contributed by atoms with E-state index >= 15 is 0 Å². The number of benzene rings is 2. The molecule has 1 saturated heterocycles. The van der Waals surface area contributed by atoms with Crippen LogP contribution in [0.1, 0.15) is 29.9 Å². The van der Waals surface area contributed by atoms with Crippen LogP contribution in [0.2, 0.25) is 0 Å². The van der Waals surface area contributed by atoms with Gasteiger partial charge in [0.25, 0.3) is 0 Å². The molecule has 6 heteroatoms. The largest absolute Gasteiger partial charge is 0.481 e. The maximum atomic E-state index is 12.2. The predicted octanol–water partition coefficient (Wildman–Crippen LogP) is 2.73. The molecule has 1 aliphatic heterocycles. The molecular formula is C21H22N2O4. The number of carbonyl (C=O) groups is 2. The zero-order valence-electron chi connectivity index (χ0n) is 14.9.